The molecule has 0 aliphatic carbocycles. The van der Waals surface area contributed by atoms with E-state index in [1.54, 1.807) is 24.1 Å². The molecule has 1 fully saturated rings. The van der Waals surface area contributed by atoms with E-state index in [0.29, 0.717) is 30.5 Å². The van der Waals surface area contributed by atoms with Crippen molar-refractivity contribution in [2.24, 2.45) is 0 Å². The molecule has 1 aromatic carbocycles. The highest BCUT2D eigenvalue weighted by Crippen LogP contribution is 2.28. The maximum atomic E-state index is 12.7. The number of hydrogen-bond acceptors (Lipinski definition) is 6. The molecule has 27 heavy (non-hydrogen) atoms. The van der Waals surface area contributed by atoms with Crippen molar-refractivity contribution in [3.63, 3.8) is 0 Å². The maximum absolute atomic E-state index is 12.7. The number of nitrogens with zero attached hydrogens (tertiary/aromatic N) is 3. The molecule has 3 rings (SSSR count). The summed E-state index contributed by atoms with van der Waals surface area (Å²) in [4.78, 5) is 19.0. The van der Waals surface area contributed by atoms with Gasteiger partial charge >= 0.3 is 0 Å². The minimum atomic E-state index is -0.0868. The van der Waals surface area contributed by atoms with E-state index in [9.17, 15) is 4.79 Å². The van der Waals surface area contributed by atoms with Crippen LogP contribution >= 0.6 is 0 Å². The van der Waals surface area contributed by atoms with Crippen molar-refractivity contribution in [2.45, 2.75) is 13.0 Å². The van der Waals surface area contributed by atoms with Crippen molar-refractivity contribution in [1.82, 2.24) is 14.9 Å². The van der Waals surface area contributed by atoms with Crippen molar-refractivity contribution < 1.29 is 9.47 Å². The fraction of sp³-hybridized carbons (Fsp3) is 0.400. The smallest absolute Gasteiger partial charge is 0.293 e. The van der Waals surface area contributed by atoms with Crippen LogP contribution in [0, 0.1) is 0 Å². The predicted octanol–water partition coefficient (Wildman–Crippen LogP) is 1.47. The van der Waals surface area contributed by atoms with Crippen LogP contribution in [0.4, 0.5) is 5.82 Å². The first-order valence-corrected chi connectivity index (χ1v) is 9.14. The van der Waals surface area contributed by atoms with Gasteiger partial charge in [0.1, 0.15) is 6.61 Å². The molecule has 7 heteroatoms. The first-order valence-electron chi connectivity index (χ1n) is 9.14. The molecule has 0 bridgehead atoms. The minimum Gasteiger partial charge on any atom is -0.493 e. The van der Waals surface area contributed by atoms with Gasteiger partial charge in [-0.25, -0.2) is 4.98 Å². The summed E-state index contributed by atoms with van der Waals surface area (Å²) in [6.07, 6.45) is 5.99. The van der Waals surface area contributed by atoms with E-state index in [4.69, 9.17) is 9.47 Å². The molecule has 0 amide bonds. The summed E-state index contributed by atoms with van der Waals surface area (Å²) >= 11 is 0. The molecule has 0 unspecified atom stereocenters. The van der Waals surface area contributed by atoms with Crippen molar-refractivity contribution in [2.75, 3.05) is 44.8 Å². The Morgan fingerprint density at radius 2 is 2.11 bits per heavy atom. The van der Waals surface area contributed by atoms with Crippen LogP contribution in [0.5, 0.6) is 11.5 Å². The Balaban J connectivity index is 1.65. The van der Waals surface area contributed by atoms with Crippen LogP contribution in [0.3, 0.4) is 0 Å². The summed E-state index contributed by atoms with van der Waals surface area (Å²) in [6.45, 7) is 7.86. The van der Waals surface area contributed by atoms with Gasteiger partial charge in [0.2, 0.25) is 0 Å². The van der Waals surface area contributed by atoms with Gasteiger partial charge in [0, 0.05) is 38.6 Å². The highest BCUT2D eigenvalue weighted by atomic mass is 16.5. The van der Waals surface area contributed by atoms with Crippen LogP contribution in [-0.4, -0.2) is 49.4 Å². The predicted molar refractivity (Wildman–Crippen MR) is 106 cm³/mol. The number of piperazine rings is 1. The number of methoxy groups -OCH3 is 1. The van der Waals surface area contributed by atoms with E-state index in [0.717, 1.165) is 38.2 Å². The van der Waals surface area contributed by atoms with Gasteiger partial charge in [0.15, 0.2) is 17.3 Å². The van der Waals surface area contributed by atoms with Gasteiger partial charge in [-0.2, -0.15) is 0 Å². The molecule has 1 aromatic heterocycles. The number of aromatic nitrogens is 2. The zero-order valence-electron chi connectivity index (χ0n) is 15.7. The van der Waals surface area contributed by atoms with Gasteiger partial charge in [-0.05, 0) is 24.1 Å². The minimum absolute atomic E-state index is 0.0868. The summed E-state index contributed by atoms with van der Waals surface area (Å²) in [6, 6.07) is 5.82. The molecular weight excluding hydrogens is 344 g/mol. The standard InChI is InChI=1S/C20H26N4O3/c1-3-4-16-5-6-17(18(15-16)26-2)27-14-13-24-12-9-22-19(20(24)25)23-10-7-21-8-11-23/h3,5-6,9,12,15,21H,1,4,7-8,10-11,13-14H2,2H3. The first kappa shape index (κ1) is 19.0. The SMILES string of the molecule is C=CCc1ccc(OCCn2ccnc(N3CCNCC3)c2=O)c(OC)c1. The lowest BCUT2D eigenvalue weighted by atomic mass is 10.1. The molecule has 1 aliphatic heterocycles. The molecule has 1 saturated heterocycles. The molecule has 144 valence electrons. The fourth-order valence-electron chi connectivity index (χ4n) is 3.08. The topological polar surface area (TPSA) is 68.6 Å². The van der Waals surface area contributed by atoms with Crippen LogP contribution in [0.25, 0.3) is 0 Å². The van der Waals surface area contributed by atoms with E-state index >= 15 is 0 Å². The third-order valence-electron chi connectivity index (χ3n) is 4.51. The Labute approximate surface area is 159 Å². The Hall–Kier alpha value is -2.80. The maximum Gasteiger partial charge on any atom is 0.293 e. The third-order valence-corrected chi connectivity index (χ3v) is 4.51. The van der Waals surface area contributed by atoms with Crippen LogP contribution < -0.4 is 25.2 Å². The van der Waals surface area contributed by atoms with E-state index in [2.05, 4.69) is 16.9 Å². The van der Waals surface area contributed by atoms with Gasteiger partial charge in [0.05, 0.1) is 13.7 Å². The monoisotopic (exact) mass is 370 g/mol. The molecule has 1 aliphatic rings. The fourth-order valence-corrected chi connectivity index (χ4v) is 3.08. The zero-order valence-corrected chi connectivity index (χ0v) is 15.7. The molecule has 1 N–H and O–H groups in total. The van der Waals surface area contributed by atoms with Crippen molar-refractivity contribution >= 4 is 5.82 Å². The third kappa shape index (κ3) is 4.68. The zero-order chi connectivity index (χ0) is 19.1. The van der Waals surface area contributed by atoms with E-state index in [-0.39, 0.29) is 5.56 Å². The number of rotatable bonds is 8. The van der Waals surface area contributed by atoms with Crippen molar-refractivity contribution in [3.8, 4) is 11.5 Å². The van der Waals surface area contributed by atoms with Gasteiger partial charge in [-0.15, -0.1) is 6.58 Å². The number of ether oxygens (including phenoxy) is 2. The highest BCUT2D eigenvalue weighted by Gasteiger charge is 2.16. The lowest BCUT2D eigenvalue weighted by molar-refractivity contribution is 0.278. The lowest BCUT2D eigenvalue weighted by Crippen LogP contribution is -2.46. The molecule has 7 nitrogen and oxygen atoms in total. The lowest BCUT2D eigenvalue weighted by Gasteiger charge is -2.27. The van der Waals surface area contributed by atoms with Crippen LogP contribution in [-0.2, 0) is 13.0 Å². The van der Waals surface area contributed by atoms with Crippen LogP contribution in [0.15, 0.2) is 48.0 Å². The molecule has 0 atom stereocenters. The van der Waals surface area contributed by atoms with Crippen LogP contribution in [0.1, 0.15) is 5.56 Å². The normalized spacial score (nSPS) is 14.0. The average Bonchev–Trinajstić information content (AvgIpc) is 2.71. The van der Waals surface area contributed by atoms with Gasteiger partial charge < -0.3 is 24.3 Å². The van der Waals surface area contributed by atoms with E-state index < -0.39 is 0 Å². The van der Waals surface area contributed by atoms with Gasteiger partial charge in [0.25, 0.3) is 5.56 Å². The van der Waals surface area contributed by atoms with Gasteiger partial charge in [-0.1, -0.05) is 12.1 Å². The number of hydrogen-bond donors (Lipinski definition) is 1. The van der Waals surface area contributed by atoms with E-state index in [1.807, 2.05) is 29.2 Å². The Bertz CT molecular complexity index is 828. The van der Waals surface area contributed by atoms with E-state index in [1.165, 1.54) is 0 Å². The molecule has 2 heterocycles. The number of allylic oxidation sites excluding steroid dienone is 1. The van der Waals surface area contributed by atoms with Gasteiger partial charge in [-0.3, -0.25) is 4.79 Å². The Morgan fingerprint density at radius 3 is 2.85 bits per heavy atom. The summed E-state index contributed by atoms with van der Waals surface area (Å²) in [5.74, 6) is 1.85. The molecule has 0 saturated carbocycles. The second kappa shape index (κ2) is 9.23. The molecular formula is C20H26N4O3. The second-order valence-electron chi connectivity index (χ2n) is 6.31. The number of benzene rings is 1. The molecule has 0 spiro atoms. The largest absolute Gasteiger partial charge is 0.493 e. The Kier molecular flexibility index (Phi) is 6.49. The van der Waals surface area contributed by atoms with Crippen molar-refractivity contribution in [3.05, 3.63) is 59.2 Å². The van der Waals surface area contributed by atoms with Crippen LogP contribution in [0.2, 0.25) is 0 Å². The second-order valence-corrected chi connectivity index (χ2v) is 6.31. The molecule has 2 aromatic rings. The van der Waals surface area contributed by atoms with Crippen molar-refractivity contribution in [1.29, 1.82) is 0 Å². The number of nitrogens with one attached hydrogen (secondary N) is 1. The quantitative estimate of drug-likeness (QED) is 0.710. The molecule has 0 radical (unpaired) electrons. The Morgan fingerprint density at radius 1 is 1.30 bits per heavy atom. The number of anilines is 1. The summed E-state index contributed by atoms with van der Waals surface area (Å²) in [5, 5.41) is 3.28. The summed E-state index contributed by atoms with van der Waals surface area (Å²) in [5.41, 5.74) is 1.02. The summed E-state index contributed by atoms with van der Waals surface area (Å²) in [7, 11) is 1.62. The first-order chi connectivity index (χ1) is 13.2. The highest BCUT2D eigenvalue weighted by molar-refractivity contribution is 5.43. The summed E-state index contributed by atoms with van der Waals surface area (Å²) < 4.78 is 12.9. The average molecular weight is 370 g/mol.